The molecule has 4 aromatic rings. The monoisotopic (exact) mass is 932 g/mol. The average Bonchev–Trinajstić information content (AvgIpc) is 2.86. The van der Waals surface area contributed by atoms with E-state index in [1.165, 1.54) is 22.3 Å². The van der Waals surface area contributed by atoms with Gasteiger partial charge in [0.25, 0.3) is 0 Å². The van der Waals surface area contributed by atoms with Crippen LogP contribution in [-0.2, 0) is 109 Å². The standard InChI is InChI=1S/2C16H19O2PS2.2S.3Zn/c2*1-11-5-7-15(13(3)9-11)17-19(20,21)18-16-8-6-12(2)10-14(16)4;;;;;/h2*5-10H,1-4H3,(H,20,21);;;;;/q;;2*-2;3*+2. The summed E-state index contributed by atoms with van der Waals surface area (Å²) in [4.78, 5) is 0. The first-order chi connectivity index (χ1) is 19.5. The summed E-state index contributed by atoms with van der Waals surface area (Å²) >= 11 is 19.7. The molecule has 0 aliphatic heterocycles. The molecule has 0 bridgehead atoms. The van der Waals surface area contributed by atoms with Gasteiger partial charge in [-0.3, -0.25) is 0 Å². The Kier molecular flexibility index (Phi) is 25.7. The number of aryl methyl sites for hydroxylation is 8. The van der Waals surface area contributed by atoms with E-state index in [4.69, 9.17) is 41.7 Å². The smallest absolute Gasteiger partial charge is 2.00 e. The Labute approximate surface area is 354 Å². The van der Waals surface area contributed by atoms with E-state index in [1.54, 1.807) is 0 Å². The van der Waals surface area contributed by atoms with Crippen molar-refractivity contribution in [3.63, 3.8) is 0 Å². The zero-order chi connectivity index (χ0) is 31.2. The minimum absolute atomic E-state index is 0. The second kappa shape index (κ2) is 23.3. The fourth-order valence-electron chi connectivity index (χ4n) is 4.14. The third kappa shape index (κ3) is 17.6. The predicted octanol–water partition coefficient (Wildman–Crippen LogP) is 11.1. The molecular formula is C32H38O4P2S6Zn3+2. The van der Waals surface area contributed by atoms with Gasteiger partial charge in [-0.1, -0.05) is 95.3 Å². The van der Waals surface area contributed by atoms with Crippen LogP contribution in [0.3, 0.4) is 0 Å². The largest absolute Gasteiger partial charge is 2.00 e. The van der Waals surface area contributed by atoms with E-state index < -0.39 is 11.4 Å². The number of thiol groups is 2. The maximum absolute atomic E-state index is 5.84. The van der Waals surface area contributed by atoms with E-state index in [1.807, 2.05) is 104 Å². The molecule has 0 aromatic heterocycles. The fraction of sp³-hybridized carbons (Fsp3) is 0.250. The van der Waals surface area contributed by atoms with Crippen LogP contribution < -0.4 is 18.1 Å². The van der Waals surface area contributed by atoms with Crippen LogP contribution in [0.4, 0.5) is 0 Å². The Balaban J connectivity index is -0.000000745. The summed E-state index contributed by atoms with van der Waals surface area (Å²) in [5.41, 5.74) is 3.47. The molecule has 4 aromatic carbocycles. The van der Waals surface area contributed by atoms with Gasteiger partial charge in [0.2, 0.25) is 0 Å². The van der Waals surface area contributed by atoms with Gasteiger partial charge in [-0.25, -0.2) is 0 Å². The summed E-state index contributed by atoms with van der Waals surface area (Å²) in [5, 5.41) is 0. The van der Waals surface area contributed by atoms with Crippen LogP contribution in [-0.4, -0.2) is 0 Å². The van der Waals surface area contributed by atoms with Crippen molar-refractivity contribution >= 4 is 86.5 Å². The van der Waals surface area contributed by atoms with E-state index in [2.05, 4.69) is 48.8 Å². The Morgan fingerprint density at radius 2 is 0.574 bits per heavy atom. The zero-order valence-corrected chi connectivity index (χ0v) is 43.8. The molecule has 0 saturated carbocycles. The Hall–Kier alpha value is 0.650. The summed E-state index contributed by atoms with van der Waals surface area (Å²) < 4.78 is 23.4. The normalized spacial score (nSPS) is 10.1. The van der Waals surface area contributed by atoms with Gasteiger partial charge in [-0.05, 0) is 126 Å². The van der Waals surface area contributed by atoms with Gasteiger partial charge in [0.05, 0.1) is 0 Å². The first-order valence-corrected chi connectivity index (χ1v) is 20.8. The molecule has 0 atom stereocenters. The second-order valence-electron chi connectivity index (χ2n) is 10.4. The Morgan fingerprint density at radius 1 is 0.404 bits per heavy atom. The van der Waals surface area contributed by atoms with Crippen LogP contribution in [0, 0.1) is 55.4 Å². The maximum Gasteiger partial charge on any atom is 2.00 e. The molecule has 0 aliphatic rings. The van der Waals surface area contributed by atoms with Gasteiger partial charge in [0.1, 0.15) is 23.0 Å². The Morgan fingerprint density at radius 3 is 0.723 bits per heavy atom. The molecule has 0 saturated heterocycles. The molecule has 4 rings (SSSR count). The summed E-state index contributed by atoms with van der Waals surface area (Å²) in [6, 6.07) is 23.8. The molecule has 0 aliphatic carbocycles. The fourth-order valence-corrected chi connectivity index (χ4v) is 8.05. The molecule has 0 radical (unpaired) electrons. The van der Waals surface area contributed by atoms with Gasteiger partial charge in [-0.15, -0.1) is 0 Å². The summed E-state index contributed by atoms with van der Waals surface area (Å²) in [5.74, 6) is 2.90. The van der Waals surface area contributed by atoms with Crippen LogP contribution >= 0.6 is 35.9 Å². The summed E-state index contributed by atoms with van der Waals surface area (Å²) in [7, 11) is 0. The van der Waals surface area contributed by atoms with Crippen LogP contribution in [0.5, 0.6) is 23.0 Å². The van der Waals surface area contributed by atoms with Crippen molar-refractivity contribution in [2.45, 2.75) is 55.4 Å². The number of hydrogen-bond donors (Lipinski definition) is 2. The second-order valence-corrected chi connectivity index (χ2v) is 20.7. The number of benzene rings is 4. The number of rotatable bonds is 8. The van der Waals surface area contributed by atoms with Crippen LogP contribution in [0.15, 0.2) is 72.8 Å². The SMILES string of the molecule is Cc1ccc(OP(=S)(S)Oc2ccc(C)cc2C)c(C)c1.Cc1ccc(OP(=S)(S)Oc2ccc(C)cc2C)c(C)c1.[S-2].[S-2].[Zn+2].[Zn+2].[Zn+2]. The predicted molar refractivity (Wildman–Crippen MR) is 207 cm³/mol. The van der Waals surface area contributed by atoms with Gasteiger partial charge in [-0.2, -0.15) is 0 Å². The number of hydrogen-bond acceptors (Lipinski definition) is 6. The molecule has 4 nitrogen and oxygen atoms in total. The molecule has 0 N–H and O–H groups in total. The van der Waals surface area contributed by atoms with Crippen molar-refractivity contribution in [1.29, 1.82) is 0 Å². The molecule has 15 heteroatoms. The van der Waals surface area contributed by atoms with Crippen LogP contribution in [0.2, 0.25) is 0 Å². The van der Waals surface area contributed by atoms with Crippen molar-refractivity contribution in [1.82, 2.24) is 0 Å². The third-order valence-electron chi connectivity index (χ3n) is 6.18. The van der Waals surface area contributed by atoms with Crippen molar-refractivity contribution in [3.8, 4) is 23.0 Å². The van der Waals surface area contributed by atoms with Gasteiger partial charge >= 0.3 is 69.8 Å². The van der Waals surface area contributed by atoms with Crippen molar-refractivity contribution in [2.75, 3.05) is 0 Å². The molecule has 0 unspecified atom stereocenters. The summed E-state index contributed by atoms with van der Waals surface area (Å²) in [6.45, 7) is 16.1. The molecular weight excluding hydrogens is 899 g/mol. The topological polar surface area (TPSA) is 36.9 Å². The molecule has 0 spiro atoms. The third-order valence-corrected chi connectivity index (χ3v) is 9.76. The quantitative estimate of drug-likeness (QED) is 0.104. The first kappa shape index (κ1) is 52.0. The van der Waals surface area contributed by atoms with E-state index in [0.717, 1.165) is 45.3 Å². The minimum atomic E-state index is -2.69. The van der Waals surface area contributed by atoms with Crippen molar-refractivity contribution in [2.24, 2.45) is 0 Å². The van der Waals surface area contributed by atoms with E-state index in [-0.39, 0.29) is 85.4 Å². The Bertz CT molecular complexity index is 1460. The van der Waals surface area contributed by atoms with Gasteiger partial charge in [0.15, 0.2) is 0 Å². The first-order valence-electron chi connectivity index (χ1n) is 13.3. The van der Waals surface area contributed by atoms with Crippen molar-refractivity contribution < 1.29 is 76.5 Å². The molecule has 0 heterocycles. The average molecular weight is 937 g/mol. The molecule has 240 valence electrons. The van der Waals surface area contributed by atoms with Crippen LogP contribution in [0.25, 0.3) is 0 Å². The summed E-state index contributed by atoms with van der Waals surface area (Å²) in [6.07, 6.45) is 0. The van der Waals surface area contributed by atoms with Crippen LogP contribution in [0.1, 0.15) is 44.5 Å². The van der Waals surface area contributed by atoms with Gasteiger partial charge in [0, 0.05) is 0 Å². The molecule has 47 heavy (non-hydrogen) atoms. The van der Waals surface area contributed by atoms with Crippen molar-refractivity contribution in [3.05, 3.63) is 117 Å². The molecule has 0 fully saturated rings. The molecule has 0 amide bonds. The minimum Gasteiger partial charge on any atom is -2.00 e. The van der Waals surface area contributed by atoms with Gasteiger partial charge < -0.3 is 45.1 Å². The maximum atomic E-state index is 5.84. The zero-order valence-electron chi connectivity index (χ0n) is 28.1. The van der Waals surface area contributed by atoms with E-state index >= 15 is 0 Å². The van der Waals surface area contributed by atoms with E-state index in [9.17, 15) is 0 Å². The van der Waals surface area contributed by atoms with E-state index in [0.29, 0.717) is 0 Å².